The smallest absolute Gasteiger partial charge is 0.326 e. The predicted molar refractivity (Wildman–Crippen MR) is 75.5 cm³/mol. The molecule has 23 heavy (non-hydrogen) atoms. The monoisotopic (exact) mass is 326 g/mol. The van der Waals surface area contributed by atoms with Crippen LogP contribution in [0.25, 0.3) is 0 Å². The molecule has 9 heteroatoms. The molecular formula is C14H15FN2O6. The van der Waals surface area contributed by atoms with Crippen molar-refractivity contribution in [1.29, 1.82) is 0 Å². The summed E-state index contributed by atoms with van der Waals surface area (Å²) in [7, 11) is 0. The number of amides is 1. The Labute approximate surface area is 130 Å². The van der Waals surface area contributed by atoms with E-state index in [1.54, 1.807) is 0 Å². The van der Waals surface area contributed by atoms with Gasteiger partial charge in [-0.15, -0.1) is 0 Å². The second-order valence-electron chi connectivity index (χ2n) is 5.10. The van der Waals surface area contributed by atoms with Crippen LogP contribution in [0.1, 0.15) is 19.3 Å². The fraction of sp³-hybridized carbons (Fsp3) is 0.429. The molecule has 8 nitrogen and oxygen atoms in total. The predicted octanol–water partition coefficient (Wildman–Crippen LogP) is 1.58. The number of piperidine rings is 1. The summed E-state index contributed by atoms with van der Waals surface area (Å²) in [5.41, 5.74) is -0.689. The summed E-state index contributed by atoms with van der Waals surface area (Å²) >= 11 is 0. The first-order valence-corrected chi connectivity index (χ1v) is 6.99. The highest BCUT2D eigenvalue weighted by Gasteiger charge is 2.32. The molecule has 124 valence electrons. The number of carbonyl (C=O) groups is 2. The van der Waals surface area contributed by atoms with Gasteiger partial charge in [-0.05, 0) is 25.3 Å². The summed E-state index contributed by atoms with van der Waals surface area (Å²) in [6.45, 7) is -0.130. The highest BCUT2D eigenvalue weighted by Crippen LogP contribution is 2.23. The Bertz CT molecular complexity index is 636. The molecule has 0 spiro atoms. The number of nitrogens with zero attached hydrogens (tertiary/aromatic N) is 2. The summed E-state index contributed by atoms with van der Waals surface area (Å²) in [6, 6.07) is 2.06. The van der Waals surface area contributed by atoms with E-state index in [4.69, 9.17) is 9.84 Å². The normalized spacial score (nSPS) is 17.6. The third-order valence-corrected chi connectivity index (χ3v) is 3.59. The minimum atomic E-state index is -1.07. The highest BCUT2D eigenvalue weighted by molar-refractivity contribution is 5.84. The SMILES string of the molecule is O=C(O)C1CCCCN1C(=O)COc1ccc([N+](=O)[O-])c(F)c1. The second kappa shape index (κ2) is 7.03. The van der Waals surface area contributed by atoms with E-state index in [1.807, 2.05) is 0 Å². The largest absolute Gasteiger partial charge is 0.484 e. The van der Waals surface area contributed by atoms with Crippen molar-refractivity contribution in [2.24, 2.45) is 0 Å². The van der Waals surface area contributed by atoms with Gasteiger partial charge < -0.3 is 14.7 Å². The molecule has 1 fully saturated rings. The Hall–Kier alpha value is -2.71. The highest BCUT2D eigenvalue weighted by atomic mass is 19.1. The summed E-state index contributed by atoms with van der Waals surface area (Å²) in [5.74, 6) is -2.69. The Balaban J connectivity index is 1.99. The fourth-order valence-electron chi connectivity index (χ4n) is 2.44. The van der Waals surface area contributed by atoms with Gasteiger partial charge >= 0.3 is 11.7 Å². The number of hydrogen-bond acceptors (Lipinski definition) is 5. The number of rotatable bonds is 5. The van der Waals surface area contributed by atoms with Gasteiger partial charge in [-0.1, -0.05) is 0 Å². The Kier molecular flexibility index (Phi) is 5.09. The number of aliphatic carboxylic acids is 1. The number of benzene rings is 1. The first kappa shape index (κ1) is 16.7. The molecule has 1 atom stereocenters. The number of carboxylic acids is 1. The van der Waals surface area contributed by atoms with E-state index >= 15 is 0 Å². The lowest BCUT2D eigenvalue weighted by atomic mass is 10.0. The summed E-state index contributed by atoms with van der Waals surface area (Å²) in [4.78, 5) is 34.1. The van der Waals surface area contributed by atoms with Crippen molar-refractivity contribution in [3.63, 3.8) is 0 Å². The number of ether oxygens (including phenoxy) is 1. The zero-order chi connectivity index (χ0) is 17.0. The van der Waals surface area contributed by atoms with Gasteiger partial charge in [0.1, 0.15) is 11.8 Å². The van der Waals surface area contributed by atoms with Crippen LogP contribution in [0.2, 0.25) is 0 Å². The van der Waals surface area contributed by atoms with Crippen LogP contribution in [0, 0.1) is 15.9 Å². The van der Waals surface area contributed by atoms with Gasteiger partial charge in [0.15, 0.2) is 6.61 Å². The second-order valence-corrected chi connectivity index (χ2v) is 5.10. The van der Waals surface area contributed by atoms with Gasteiger partial charge in [-0.25, -0.2) is 4.79 Å². The molecule has 1 aliphatic rings. The topological polar surface area (TPSA) is 110 Å². The Morgan fingerprint density at radius 1 is 1.43 bits per heavy atom. The lowest BCUT2D eigenvalue weighted by Gasteiger charge is -2.32. The first-order valence-electron chi connectivity index (χ1n) is 6.99. The molecule has 0 radical (unpaired) electrons. The summed E-state index contributed by atoms with van der Waals surface area (Å²) < 4.78 is 18.6. The van der Waals surface area contributed by atoms with E-state index in [0.29, 0.717) is 19.4 Å². The fourth-order valence-corrected chi connectivity index (χ4v) is 2.44. The summed E-state index contributed by atoms with van der Waals surface area (Å²) in [6.07, 6.45) is 1.82. The molecule has 1 aromatic carbocycles. The van der Waals surface area contributed by atoms with Gasteiger partial charge in [-0.3, -0.25) is 14.9 Å². The lowest BCUT2D eigenvalue weighted by molar-refractivity contribution is -0.387. The van der Waals surface area contributed by atoms with Crippen LogP contribution in [0.4, 0.5) is 10.1 Å². The zero-order valence-electron chi connectivity index (χ0n) is 12.1. The van der Waals surface area contributed by atoms with Gasteiger partial charge in [0, 0.05) is 18.7 Å². The maximum atomic E-state index is 13.5. The minimum absolute atomic E-state index is 0.0367. The van der Waals surface area contributed by atoms with E-state index in [0.717, 1.165) is 18.6 Å². The van der Waals surface area contributed by atoms with Crippen molar-refractivity contribution in [1.82, 2.24) is 4.90 Å². The van der Waals surface area contributed by atoms with E-state index < -0.39 is 41.0 Å². The van der Waals surface area contributed by atoms with Crippen molar-refractivity contribution in [3.05, 3.63) is 34.1 Å². The van der Waals surface area contributed by atoms with Crippen LogP contribution < -0.4 is 4.74 Å². The summed E-state index contributed by atoms with van der Waals surface area (Å²) in [5, 5.41) is 19.6. The molecule has 0 aromatic heterocycles. The van der Waals surface area contributed by atoms with Crippen LogP contribution in [0.5, 0.6) is 5.75 Å². The van der Waals surface area contributed by atoms with Crippen LogP contribution in [-0.4, -0.2) is 46.0 Å². The molecule has 1 unspecified atom stereocenters. The maximum absolute atomic E-state index is 13.5. The number of hydrogen-bond donors (Lipinski definition) is 1. The molecular weight excluding hydrogens is 311 g/mol. The van der Waals surface area contributed by atoms with Crippen molar-refractivity contribution >= 4 is 17.6 Å². The number of nitro groups is 1. The van der Waals surface area contributed by atoms with E-state index in [9.17, 15) is 24.1 Å². The molecule has 0 saturated carbocycles. The lowest BCUT2D eigenvalue weighted by Crippen LogP contribution is -2.49. The number of carboxylic acid groups (broad SMARTS) is 1. The molecule has 1 heterocycles. The number of nitro benzene ring substituents is 1. The standard InChI is InChI=1S/C14H15FN2O6/c15-10-7-9(4-5-11(10)17(21)22)23-8-13(18)16-6-2-1-3-12(16)14(19)20/h4-5,7,12H,1-3,6,8H2,(H,19,20). The van der Waals surface area contributed by atoms with Gasteiger partial charge in [-0.2, -0.15) is 4.39 Å². The van der Waals surface area contributed by atoms with Crippen LogP contribution in [-0.2, 0) is 9.59 Å². The molecule has 2 rings (SSSR count). The molecule has 1 aliphatic heterocycles. The van der Waals surface area contributed by atoms with Crippen molar-refractivity contribution < 1.29 is 28.7 Å². The van der Waals surface area contributed by atoms with Crippen LogP contribution in [0.15, 0.2) is 18.2 Å². The number of carbonyl (C=O) groups excluding carboxylic acids is 1. The molecule has 1 N–H and O–H groups in total. The third-order valence-electron chi connectivity index (χ3n) is 3.59. The van der Waals surface area contributed by atoms with E-state index in [2.05, 4.69) is 0 Å². The molecule has 1 saturated heterocycles. The van der Waals surface area contributed by atoms with Crippen molar-refractivity contribution in [3.8, 4) is 5.75 Å². The average Bonchev–Trinajstić information content (AvgIpc) is 2.52. The van der Waals surface area contributed by atoms with Crippen molar-refractivity contribution in [2.45, 2.75) is 25.3 Å². The molecule has 0 aliphatic carbocycles. The third kappa shape index (κ3) is 3.93. The zero-order valence-corrected chi connectivity index (χ0v) is 12.1. The number of halogens is 1. The molecule has 1 aromatic rings. The molecule has 0 bridgehead atoms. The minimum Gasteiger partial charge on any atom is -0.484 e. The van der Waals surface area contributed by atoms with E-state index in [1.165, 1.54) is 11.0 Å². The average molecular weight is 326 g/mol. The Morgan fingerprint density at radius 2 is 2.17 bits per heavy atom. The number of likely N-dealkylation sites (tertiary alicyclic amines) is 1. The molecule has 1 amide bonds. The van der Waals surface area contributed by atoms with E-state index in [-0.39, 0.29) is 5.75 Å². The van der Waals surface area contributed by atoms with Gasteiger partial charge in [0.2, 0.25) is 5.82 Å². The van der Waals surface area contributed by atoms with Crippen molar-refractivity contribution in [2.75, 3.05) is 13.2 Å². The van der Waals surface area contributed by atoms with Gasteiger partial charge in [0.05, 0.1) is 4.92 Å². The Morgan fingerprint density at radius 3 is 2.78 bits per heavy atom. The van der Waals surface area contributed by atoms with Crippen LogP contribution in [0.3, 0.4) is 0 Å². The first-order chi connectivity index (χ1) is 10.9. The van der Waals surface area contributed by atoms with Crippen LogP contribution >= 0.6 is 0 Å². The quantitative estimate of drug-likeness (QED) is 0.650. The maximum Gasteiger partial charge on any atom is 0.326 e. The van der Waals surface area contributed by atoms with Gasteiger partial charge in [0.25, 0.3) is 5.91 Å².